The van der Waals surface area contributed by atoms with Crippen LogP contribution in [0.15, 0.2) is 33.6 Å². The molecule has 0 unspecified atom stereocenters. The van der Waals surface area contributed by atoms with E-state index < -0.39 is 5.63 Å². The van der Waals surface area contributed by atoms with Crippen LogP contribution < -0.4 is 5.63 Å². The average molecular weight is 346 g/mol. The Bertz CT molecular complexity index is 932. The van der Waals surface area contributed by atoms with Gasteiger partial charge >= 0.3 is 5.63 Å². The van der Waals surface area contributed by atoms with Gasteiger partial charge in [0.2, 0.25) is 0 Å². The second-order valence-corrected chi connectivity index (χ2v) is 7.10. The molecule has 24 heavy (non-hydrogen) atoms. The smallest absolute Gasteiger partial charge is 0.336 e. The summed E-state index contributed by atoms with van der Waals surface area (Å²) in [6.45, 7) is 3.34. The molecule has 0 fully saturated rings. The first-order chi connectivity index (χ1) is 11.4. The van der Waals surface area contributed by atoms with Crippen LogP contribution in [0.25, 0.3) is 11.0 Å². The van der Waals surface area contributed by atoms with E-state index in [0.717, 1.165) is 23.5 Å². The Morgan fingerprint density at radius 1 is 1.25 bits per heavy atom. The Morgan fingerprint density at radius 3 is 2.71 bits per heavy atom. The van der Waals surface area contributed by atoms with Crippen molar-refractivity contribution < 1.29 is 14.6 Å². The maximum atomic E-state index is 11.7. The standard InChI is InChI=1S/C17H18N2O4S/c1-10-8-18-16(24-10)3-4-19(2)9-11-5-17(22)23-15-7-14(21)13(20)6-12(11)15/h5-8,20-21H,3-4,9H2,1-2H3. The number of rotatable bonds is 5. The van der Waals surface area contributed by atoms with Gasteiger partial charge in [-0.05, 0) is 25.6 Å². The second kappa shape index (κ2) is 6.62. The Hall–Kier alpha value is -2.38. The number of likely N-dealkylation sites (N-methyl/N-ethyl adjacent to an activating group) is 1. The van der Waals surface area contributed by atoms with E-state index in [4.69, 9.17) is 4.42 Å². The average Bonchev–Trinajstić information content (AvgIpc) is 2.93. The van der Waals surface area contributed by atoms with Crippen LogP contribution in [0.3, 0.4) is 0 Å². The highest BCUT2D eigenvalue weighted by atomic mass is 32.1. The van der Waals surface area contributed by atoms with Crippen molar-refractivity contribution in [2.24, 2.45) is 0 Å². The maximum absolute atomic E-state index is 11.7. The lowest BCUT2D eigenvalue weighted by Gasteiger charge is -2.17. The van der Waals surface area contributed by atoms with Gasteiger partial charge in [-0.1, -0.05) is 0 Å². The lowest BCUT2D eigenvalue weighted by molar-refractivity contribution is 0.331. The van der Waals surface area contributed by atoms with Crippen LogP contribution in [0.1, 0.15) is 15.4 Å². The minimum atomic E-state index is -0.480. The molecular formula is C17H18N2O4S. The van der Waals surface area contributed by atoms with Crippen LogP contribution in [0.2, 0.25) is 0 Å². The van der Waals surface area contributed by atoms with Gasteiger partial charge in [-0.3, -0.25) is 0 Å². The first-order valence-electron chi connectivity index (χ1n) is 7.51. The summed E-state index contributed by atoms with van der Waals surface area (Å²) in [6, 6.07) is 4.09. The monoisotopic (exact) mass is 346 g/mol. The number of hydrogen-bond acceptors (Lipinski definition) is 7. The predicted molar refractivity (Wildman–Crippen MR) is 92.7 cm³/mol. The third-order valence-corrected chi connectivity index (χ3v) is 4.71. The molecule has 0 bridgehead atoms. The number of aromatic hydroxyl groups is 2. The molecule has 7 heteroatoms. The third kappa shape index (κ3) is 3.58. The summed E-state index contributed by atoms with van der Waals surface area (Å²) in [7, 11) is 1.96. The van der Waals surface area contributed by atoms with Crippen molar-refractivity contribution in [2.75, 3.05) is 13.6 Å². The van der Waals surface area contributed by atoms with E-state index >= 15 is 0 Å². The molecule has 3 rings (SSSR count). The van der Waals surface area contributed by atoms with Crippen LogP contribution >= 0.6 is 11.3 Å². The minimum Gasteiger partial charge on any atom is -0.504 e. The topological polar surface area (TPSA) is 86.8 Å². The number of hydrogen-bond donors (Lipinski definition) is 2. The highest BCUT2D eigenvalue weighted by Crippen LogP contribution is 2.31. The highest BCUT2D eigenvalue weighted by molar-refractivity contribution is 7.11. The van der Waals surface area contributed by atoms with Crippen molar-refractivity contribution in [1.82, 2.24) is 9.88 Å². The van der Waals surface area contributed by atoms with E-state index in [0.29, 0.717) is 11.9 Å². The molecule has 0 saturated heterocycles. The molecular weight excluding hydrogens is 328 g/mol. The third-order valence-electron chi connectivity index (χ3n) is 3.74. The van der Waals surface area contributed by atoms with Crippen LogP contribution in [-0.2, 0) is 13.0 Å². The molecule has 0 aliphatic heterocycles. The number of thiazole rings is 1. The molecule has 0 amide bonds. The van der Waals surface area contributed by atoms with Crippen LogP contribution in [0, 0.1) is 6.92 Å². The number of aromatic nitrogens is 1. The van der Waals surface area contributed by atoms with E-state index in [1.54, 1.807) is 11.3 Å². The van der Waals surface area contributed by atoms with E-state index in [1.165, 1.54) is 23.1 Å². The fraction of sp³-hybridized carbons (Fsp3) is 0.294. The number of benzene rings is 1. The number of fused-ring (bicyclic) bond motifs is 1. The predicted octanol–water partition coefficient (Wildman–Crippen LogP) is 2.64. The maximum Gasteiger partial charge on any atom is 0.336 e. The molecule has 0 radical (unpaired) electrons. The zero-order valence-electron chi connectivity index (χ0n) is 13.4. The normalized spacial score (nSPS) is 11.5. The second-order valence-electron chi connectivity index (χ2n) is 5.78. The van der Waals surface area contributed by atoms with Gasteiger partial charge in [0.05, 0.1) is 5.01 Å². The van der Waals surface area contributed by atoms with E-state index in [2.05, 4.69) is 9.88 Å². The van der Waals surface area contributed by atoms with Crippen molar-refractivity contribution in [3.8, 4) is 11.5 Å². The van der Waals surface area contributed by atoms with Crippen molar-refractivity contribution >= 4 is 22.3 Å². The molecule has 1 aromatic carbocycles. The molecule has 0 spiro atoms. The molecule has 126 valence electrons. The van der Waals surface area contributed by atoms with Crippen molar-refractivity contribution in [1.29, 1.82) is 0 Å². The number of aryl methyl sites for hydroxylation is 1. The van der Waals surface area contributed by atoms with Crippen molar-refractivity contribution in [3.05, 3.63) is 50.3 Å². The lowest BCUT2D eigenvalue weighted by Crippen LogP contribution is -2.21. The SMILES string of the molecule is Cc1cnc(CCN(C)Cc2cc(=O)oc3cc(O)c(O)cc23)s1. The summed E-state index contributed by atoms with van der Waals surface area (Å²) in [5.74, 6) is -0.547. The molecule has 0 saturated carbocycles. The van der Waals surface area contributed by atoms with Gasteiger partial charge < -0.3 is 19.5 Å². The molecule has 6 nitrogen and oxygen atoms in total. The fourth-order valence-corrected chi connectivity index (χ4v) is 3.33. The number of phenols is 2. The van der Waals surface area contributed by atoms with Gasteiger partial charge in [0, 0.05) is 48.1 Å². The quantitative estimate of drug-likeness (QED) is 0.545. The van der Waals surface area contributed by atoms with E-state index in [-0.39, 0.29) is 17.1 Å². The summed E-state index contributed by atoms with van der Waals surface area (Å²) in [5.41, 5.74) is 0.526. The van der Waals surface area contributed by atoms with Gasteiger partial charge in [-0.25, -0.2) is 9.78 Å². The highest BCUT2D eigenvalue weighted by Gasteiger charge is 2.12. The van der Waals surface area contributed by atoms with Crippen LogP contribution in [-0.4, -0.2) is 33.7 Å². The first kappa shape index (κ1) is 16.5. The summed E-state index contributed by atoms with van der Waals surface area (Å²) in [4.78, 5) is 19.3. The Balaban J connectivity index is 1.80. The Labute approximate surface area is 142 Å². The molecule has 3 aromatic rings. The molecule has 0 aliphatic rings. The van der Waals surface area contributed by atoms with Gasteiger partial charge in [0.15, 0.2) is 11.5 Å². The van der Waals surface area contributed by atoms with Crippen molar-refractivity contribution in [3.63, 3.8) is 0 Å². The molecule has 0 atom stereocenters. The molecule has 2 aromatic heterocycles. The first-order valence-corrected chi connectivity index (χ1v) is 8.32. The van der Waals surface area contributed by atoms with Gasteiger partial charge in [0.1, 0.15) is 5.58 Å². The molecule has 2 N–H and O–H groups in total. The number of nitrogens with zero attached hydrogens (tertiary/aromatic N) is 2. The summed E-state index contributed by atoms with van der Waals surface area (Å²) in [5, 5.41) is 21.0. The molecule has 2 heterocycles. The minimum absolute atomic E-state index is 0.237. The van der Waals surface area contributed by atoms with E-state index in [1.807, 2.05) is 20.2 Å². The summed E-state index contributed by atoms with van der Waals surface area (Å²) < 4.78 is 5.10. The Morgan fingerprint density at radius 2 is 2.00 bits per heavy atom. The van der Waals surface area contributed by atoms with Crippen molar-refractivity contribution in [2.45, 2.75) is 19.9 Å². The van der Waals surface area contributed by atoms with Crippen LogP contribution in [0.4, 0.5) is 0 Å². The van der Waals surface area contributed by atoms with Crippen LogP contribution in [0.5, 0.6) is 11.5 Å². The summed E-state index contributed by atoms with van der Waals surface area (Å²) >= 11 is 1.68. The summed E-state index contributed by atoms with van der Waals surface area (Å²) in [6.07, 6.45) is 2.70. The zero-order valence-corrected chi connectivity index (χ0v) is 14.3. The zero-order chi connectivity index (χ0) is 17.3. The van der Waals surface area contributed by atoms with Gasteiger partial charge in [0.25, 0.3) is 0 Å². The Kier molecular flexibility index (Phi) is 4.55. The van der Waals surface area contributed by atoms with Gasteiger partial charge in [-0.2, -0.15) is 0 Å². The largest absolute Gasteiger partial charge is 0.504 e. The number of phenolic OH excluding ortho intramolecular Hbond substituents is 2. The fourth-order valence-electron chi connectivity index (χ4n) is 2.56. The van der Waals surface area contributed by atoms with E-state index in [9.17, 15) is 15.0 Å². The van der Waals surface area contributed by atoms with Gasteiger partial charge in [-0.15, -0.1) is 11.3 Å². The molecule has 0 aliphatic carbocycles. The lowest BCUT2D eigenvalue weighted by atomic mass is 10.1.